The van der Waals surface area contributed by atoms with E-state index in [1.54, 1.807) is 6.92 Å². The third-order valence-electron chi connectivity index (χ3n) is 6.08. The number of fused-ring (bicyclic) bond motifs is 1. The highest BCUT2D eigenvalue weighted by Crippen LogP contribution is 2.28. The highest BCUT2D eigenvalue weighted by Gasteiger charge is 2.29. The number of hydrogen-bond acceptors (Lipinski definition) is 5. The van der Waals surface area contributed by atoms with Crippen LogP contribution >= 0.6 is 0 Å². The van der Waals surface area contributed by atoms with Crippen molar-refractivity contribution < 1.29 is 14.3 Å². The largest absolute Gasteiger partial charge is 0.492 e. The molecule has 1 aromatic carbocycles. The number of nitrogens with zero attached hydrogens (tertiary/aromatic N) is 5. The Balaban J connectivity index is 1.40. The molecule has 0 bridgehead atoms. The van der Waals surface area contributed by atoms with E-state index in [1.807, 2.05) is 41.0 Å². The van der Waals surface area contributed by atoms with E-state index in [0.717, 1.165) is 37.6 Å². The quantitative estimate of drug-likeness (QED) is 0.811. The van der Waals surface area contributed by atoms with Crippen molar-refractivity contribution in [1.82, 2.24) is 24.6 Å². The Labute approximate surface area is 182 Å². The highest BCUT2D eigenvalue weighted by atomic mass is 16.5. The summed E-state index contributed by atoms with van der Waals surface area (Å²) in [6.07, 6.45) is 2.46. The Morgan fingerprint density at radius 2 is 1.84 bits per heavy atom. The lowest BCUT2D eigenvalue weighted by Crippen LogP contribution is -2.38. The molecule has 3 heterocycles. The molecule has 1 aromatic heterocycles. The summed E-state index contributed by atoms with van der Waals surface area (Å²) < 4.78 is 7.79. The number of carbonyl (C=O) groups is 2. The van der Waals surface area contributed by atoms with E-state index >= 15 is 0 Å². The predicted octanol–water partition coefficient (Wildman–Crippen LogP) is 2.49. The maximum atomic E-state index is 12.9. The Hall–Kier alpha value is -3.10. The van der Waals surface area contributed by atoms with Crippen LogP contribution in [0.25, 0.3) is 0 Å². The summed E-state index contributed by atoms with van der Waals surface area (Å²) in [5, 5.41) is 11.9. The van der Waals surface area contributed by atoms with Gasteiger partial charge in [0, 0.05) is 52.0 Å². The molecule has 0 unspecified atom stereocenters. The number of ether oxygens (including phenoxy) is 1. The molecule has 1 fully saturated rings. The van der Waals surface area contributed by atoms with Crippen LogP contribution in [0.3, 0.4) is 0 Å². The van der Waals surface area contributed by atoms with E-state index in [2.05, 4.69) is 20.1 Å². The monoisotopic (exact) mass is 426 g/mol. The number of piperidine rings is 1. The number of benzene rings is 1. The minimum absolute atomic E-state index is 0.131. The van der Waals surface area contributed by atoms with Crippen molar-refractivity contribution in [3.63, 3.8) is 0 Å². The van der Waals surface area contributed by atoms with Gasteiger partial charge >= 0.3 is 6.03 Å². The summed E-state index contributed by atoms with van der Waals surface area (Å²) >= 11 is 0. The van der Waals surface area contributed by atoms with E-state index in [4.69, 9.17) is 4.74 Å². The Morgan fingerprint density at radius 1 is 1.06 bits per heavy atom. The summed E-state index contributed by atoms with van der Waals surface area (Å²) in [6.45, 7) is 7.45. The third kappa shape index (κ3) is 4.65. The molecule has 0 radical (unpaired) electrons. The van der Waals surface area contributed by atoms with Crippen LogP contribution in [0.2, 0.25) is 0 Å². The van der Waals surface area contributed by atoms with Crippen LogP contribution in [0.4, 0.5) is 10.5 Å². The van der Waals surface area contributed by atoms with Crippen molar-refractivity contribution in [3.8, 4) is 5.75 Å². The average molecular weight is 427 g/mol. The van der Waals surface area contributed by atoms with Gasteiger partial charge in [0.2, 0.25) is 5.91 Å². The zero-order chi connectivity index (χ0) is 21.8. The van der Waals surface area contributed by atoms with Crippen LogP contribution in [0.5, 0.6) is 5.75 Å². The maximum Gasteiger partial charge on any atom is 0.322 e. The van der Waals surface area contributed by atoms with Gasteiger partial charge in [0.05, 0.1) is 12.3 Å². The first-order chi connectivity index (χ1) is 15.1. The number of anilines is 1. The van der Waals surface area contributed by atoms with E-state index in [1.165, 1.54) is 0 Å². The molecule has 9 heteroatoms. The molecule has 166 valence electrons. The third-order valence-corrected chi connectivity index (χ3v) is 6.08. The van der Waals surface area contributed by atoms with E-state index in [0.29, 0.717) is 50.0 Å². The van der Waals surface area contributed by atoms with Crippen molar-refractivity contribution in [2.75, 3.05) is 38.1 Å². The van der Waals surface area contributed by atoms with Crippen LogP contribution in [0.15, 0.2) is 24.3 Å². The Morgan fingerprint density at radius 3 is 2.58 bits per heavy atom. The van der Waals surface area contributed by atoms with Crippen molar-refractivity contribution in [2.24, 2.45) is 0 Å². The lowest BCUT2D eigenvalue weighted by molar-refractivity contribution is -0.129. The molecule has 2 aliphatic heterocycles. The van der Waals surface area contributed by atoms with Crippen molar-refractivity contribution in [3.05, 3.63) is 35.9 Å². The molecule has 0 atom stereocenters. The molecule has 9 nitrogen and oxygen atoms in total. The van der Waals surface area contributed by atoms with Crippen molar-refractivity contribution in [1.29, 1.82) is 0 Å². The standard InChI is InChI=1S/C22H30N6O3/c1-3-31-19-7-5-4-6-18(19)23-22(30)27-13-10-20-24-25-21(28(20)15-14-27)17-8-11-26(12-9-17)16(2)29/h4-7,17H,3,8-15H2,1-2H3,(H,23,30). The van der Waals surface area contributed by atoms with Gasteiger partial charge in [0.15, 0.2) is 0 Å². The summed E-state index contributed by atoms with van der Waals surface area (Å²) in [4.78, 5) is 28.2. The van der Waals surface area contributed by atoms with E-state index in [-0.39, 0.29) is 11.9 Å². The number of rotatable bonds is 4. The van der Waals surface area contributed by atoms with Crippen LogP contribution in [-0.4, -0.2) is 69.3 Å². The van der Waals surface area contributed by atoms with Gasteiger partial charge in [-0.1, -0.05) is 12.1 Å². The van der Waals surface area contributed by atoms with Crippen LogP contribution in [0, 0.1) is 0 Å². The fourth-order valence-electron chi connectivity index (χ4n) is 4.35. The average Bonchev–Trinajstić information content (AvgIpc) is 3.06. The predicted molar refractivity (Wildman–Crippen MR) is 116 cm³/mol. The van der Waals surface area contributed by atoms with E-state index < -0.39 is 0 Å². The number of para-hydroxylation sites is 2. The first-order valence-electron chi connectivity index (χ1n) is 11.0. The summed E-state index contributed by atoms with van der Waals surface area (Å²) in [5.41, 5.74) is 0.677. The molecule has 1 N–H and O–H groups in total. The molecule has 0 spiro atoms. The second-order valence-corrected chi connectivity index (χ2v) is 8.00. The lowest BCUT2D eigenvalue weighted by Gasteiger charge is -2.31. The number of nitrogens with one attached hydrogen (secondary N) is 1. The van der Waals surface area contributed by atoms with Gasteiger partial charge in [-0.25, -0.2) is 4.79 Å². The number of carbonyl (C=O) groups excluding carboxylic acids is 2. The van der Waals surface area contributed by atoms with Gasteiger partial charge in [-0.15, -0.1) is 10.2 Å². The van der Waals surface area contributed by atoms with Crippen molar-refractivity contribution >= 4 is 17.6 Å². The zero-order valence-electron chi connectivity index (χ0n) is 18.2. The first kappa shape index (κ1) is 21.1. The van der Waals surface area contributed by atoms with Gasteiger partial charge < -0.3 is 24.4 Å². The molecule has 2 aromatic rings. The molecule has 3 amide bonds. The number of likely N-dealkylation sites (tertiary alicyclic amines) is 1. The molecule has 0 aliphatic carbocycles. The maximum absolute atomic E-state index is 12.9. The Kier molecular flexibility index (Phi) is 6.39. The second kappa shape index (κ2) is 9.36. The Bertz CT molecular complexity index is 935. The van der Waals surface area contributed by atoms with Gasteiger partial charge in [0.25, 0.3) is 0 Å². The van der Waals surface area contributed by atoms with Crippen molar-refractivity contribution in [2.45, 2.75) is 45.6 Å². The lowest BCUT2D eigenvalue weighted by atomic mass is 9.96. The van der Waals surface area contributed by atoms with Gasteiger partial charge in [0.1, 0.15) is 17.4 Å². The minimum Gasteiger partial charge on any atom is -0.492 e. The minimum atomic E-state index is -0.137. The van der Waals surface area contributed by atoms with Gasteiger partial charge in [-0.3, -0.25) is 4.79 Å². The summed E-state index contributed by atoms with van der Waals surface area (Å²) in [5.74, 6) is 3.02. The number of aromatic nitrogens is 3. The number of amides is 3. The zero-order valence-corrected chi connectivity index (χ0v) is 18.2. The molecule has 4 rings (SSSR count). The summed E-state index contributed by atoms with van der Waals surface area (Å²) in [6, 6.07) is 7.34. The topological polar surface area (TPSA) is 92.6 Å². The first-order valence-corrected chi connectivity index (χ1v) is 11.0. The van der Waals surface area contributed by atoms with Crippen LogP contribution in [0.1, 0.15) is 44.3 Å². The molecular formula is C22H30N6O3. The van der Waals surface area contributed by atoms with Crippen LogP contribution < -0.4 is 10.1 Å². The number of urea groups is 1. The molecule has 2 aliphatic rings. The van der Waals surface area contributed by atoms with E-state index in [9.17, 15) is 9.59 Å². The smallest absolute Gasteiger partial charge is 0.322 e. The molecule has 1 saturated heterocycles. The molecule has 0 saturated carbocycles. The van der Waals surface area contributed by atoms with Gasteiger partial charge in [-0.2, -0.15) is 0 Å². The molecule has 31 heavy (non-hydrogen) atoms. The fraction of sp³-hybridized carbons (Fsp3) is 0.545. The van der Waals surface area contributed by atoms with Gasteiger partial charge in [-0.05, 0) is 31.9 Å². The normalized spacial score (nSPS) is 17.1. The number of hydrogen-bond donors (Lipinski definition) is 1. The molecular weight excluding hydrogens is 396 g/mol. The summed E-state index contributed by atoms with van der Waals surface area (Å²) in [7, 11) is 0. The van der Waals surface area contributed by atoms with Crippen LogP contribution in [-0.2, 0) is 17.8 Å². The fourth-order valence-corrected chi connectivity index (χ4v) is 4.35. The second-order valence-electron chi connectivity index (χ2n) is 8.00. The SMILES string of the molecule is CCOc1ccccc1NC(=O)N1CCc2nnc(C3CCN(C(C)=O)CC3)n2CC1. The highest BCUT2D eigenvalue weighted by molar-refractivity contribution is 5.91.